The SMILES string of the molecule is CCN(CC)c1ccc(N=Nc2cc[n+]([O-])cc2)cc1. The van der Waals surface area contributed by atoms with E-state index in [1.165, 1.54) is 18.1 Å². The van der Waals surface area contributed by atoms with Crippen molar-refractivity contribution in [2.45, 2.75) is 13.8 Å². The number of anilines is 1. The molecule has 0 saturated heterocycles. The Labute approximate surface area is 118 Å². The van der Waals surface area contributed by atoms with Gasteiger partial charge >= 0.3 is 0 Å². The minimum Gasteiger partial charge on any atom is -0.619 e. The average molecular weight is 270 g/mol. The largest absolute Gasteiger partial charge is 0.619 e. The van der Waals surface area contributed by atoms with Gasteiger partial charge in [0.15, 0.2) is 12.4 Å². The molecule has 0 spiro atoms. The molecule has 0 unspecified atom stereocenters. The molecular formula is C15H18N4O. The number of benzene rings is 1. The number of aromatic nitrogens is 1. The lowest BCUT2D eigenvalue weighted by Crippen LogP contribution is -2.22. The van der Waals surface area contributed by atoms with Crippen molar-refractivity contribution in [2.24, 2.45) is 10.2 Å². The summed E-state index contributed by atoms with van der Waals surface area (Å²) in [6.07, 6.45) is 2.80. The highest BCUT2D eigenvalue weighted by atomic mass is 16.5. The van der Waals surface area contributed by atoms with Crippen LogP contribution in [0.5, 0.6) is 0 Å². The van der Waals surface area contributed by atoms with Gasteiger partial charge in [-0.25, -0.2) is 0 Å². The van der Waals surface area contributed by atoms with Crippen LogP contribution in [0.1, 0.15) is 13.8 Å². The Morgan fingerprint density at radius 3 is 1.90 bits per heavy atom. The molecule has 0 amide bonds. The summed E-state index contributed by atoms with van der Waals surface area (Å²) >= 11 is 0. The highest BCUT2D eigenvalue weighted by Crippen LogP contribution is 2.21. The van der Waals surface area contributed by atoms with E-state index in [0.29, 0.717) is 5.69 Å². The summed E-state index contributed by atoms with van der Waals surface area (Å²) in [6.45, 7) is 6.23. The predicted molar refractivity (Wildman–Crippen MR) is 79.6 cm³/mol. The number of azo groups is 1. The van der Waals surface area contributed by atoms with Gasteiger partial charge in [-0.1, -0.05) is 0 Å². The van der Waals surface area contributed by atoms with Gasteiger partial charge in [-0.15, -0.1) is 0 Å². The van der Waals surface area contributed by atoms with E-state index in [1.54, 1.807) is 12.1 Å². The topological polar surface area (TPSA) is 54.9 Å². The molecule has 20 heavy (non-hydrogen) atoms. The molecule has 1 heterocycles. The number of hydrogen-bond donors (Lipinski definition) is 0. The Balaban J connectivity index is 2.08. The second-order valence-corrected chi connectivity index (χ2v) is 4.30. The molecule has 0 bridgehead atoms. The van der Waals surface area contributed by atoms with Crippen LogP contribution in [0.4, 0.5) is 17.1 Å². The lowest BCUT2D eigenvalue weighted by Gasteiger charge is -2.20. The van der Waals surface area contributed by atoms with Crippen molar-refractivity contribution >= 4 is 17.1 Å². The first kappa shape index (κ1) is 14.0. The first-order valence-corrected chi connectivity index (χ1v) is 6.68. The van der Waals surface area contributed by atoms with E-state index in [0.717, 1.165) is 23.5 Å². The second-order valence-electron chi connectivity index (χ2n) is 4.30. The fraction of sp³-hybridized carbons (Fsp3) is 0.267. The van der Waals surface area contributed by atoms with Crippen LogP contribution in [0, 0.1) is 5.21 Å². The Bertz CT molecular complexity index is 559. The molecule has 104 valence electrons. The number of pyridine rings is 1. The van der Waals surface area contributed by atoms with Gasteiger partial charge in [0, 0.05) is 30.9 Å². The fourth-order valence-corrected chi connectivity index (χ4v) is 1.91. The van der Waals surface area contributed by atoms with Crippen molar-refractivity contribution in [3.8, 4) is 0 Å². The summed E-state index contributed by atoms with van der Waals surface area (Å²) in [7, 11) is 0. The summed E-state index contributed by atoms with van der Waals surface area (Å²) in [5.74, 6) is 0. The maximum absolute atomic E-state index is 10.9. The molecule has 1 aromatic carbocycles. The van der Waals surface area contributed by atoms with E-state index in [9.17, 15) is 5.21 Å². The lowest BCUT2D eigenvalue weighted by molar-refractivity contribution is -0.605. The van der Waals surface area contributed by atoms with Crippen LogP contribution in [0.15, 0.2) is 59.0 Å². The third kappa shape index (κ3) is 3.54. The van der Waals surface area contributed by atoms with Crippen LogP contribution in [-0.2, 0) is 0 Å². The van der Waals surface area contributed by atoms with Crippen LogP contribution in [0.2, 0.25) is 0 Å². The van der Waals surface area contributed by atoms with E-state index in [-0.39, 0.29) is 0 Å². The molecule has 2 rings (SSSR count). The van der Waals surface area contributed by atoms with Gasteiger partial charge in [0.1, 0.15) is 0 Å². The Morgan fingerprint density at radius 1 is 0.900 bits per heavy atom. The Hall–Kier alpha value is -2.43. The number of hydrogen-bond acceptors (Lipinski definition) is 4. The van der Waals surface area contributed by atoms with Crippen molar-refractivity contribution in [2.75, 3.05) is 18.0 Å². The maximum atomic E-state index is 10.9. The highest BCUT2D eigenvalue weighted by molar-refractivity contribution is 5.52. The van der Waals surface area contributed by atoms with E-state index in [1.807, 2.05) is 24.3 Å². The normalized spacial score (nSPS) is 10.9. The molecule has 0 atom stereocenters. The van der Waals surface area contributed by atoms with Crippen LogP contribution < -0.4 is 9.63 Å². The smallest absolute Gasteiger partial charge is 0.182 e. The summed E-state index contributed by atoms with van der Waals surface area (Å²) in [5, 5.41) is 19.1. The summed E-state index contributed by atoms with van der Waals surface area (Å²) in [5.41, 5.74) is 2.63. The van der Waals surface area contributed by atoms with Gasteiger partial charge in [0.25, 0.3) is 0 Å². The van der Waals surface area contributed by atoms with Crippen molar-refractivity contribution < 1.29 is 4.73 Å². The second kappa shape index (κ2) is 6.65. The number of nitrogens with zero attached hydrogens (tertiary/aromatic N) is 4. The third-order valence-electron chi connectivity index (χ3n) is 3.04. The van der Waals surface area contributed by atoms with E-state index < -0.39 is 0 Å². The van der Waals surface area contributed by atoms with Crippen molar-refractivity contribution in [1.82, 2.24) is 0 Å². The molecule has 0 aliphatic heterocycles. The predicted octanol–water partition coefficient (Wildman–Crippen LogP) is 3.58. The first-order valence-electron chi connectivity index (χ1n) is 6.68. The summed E-state index contributed by atoms with van der Waals surface area (Å²) < 4.78 is 0.720. The average Bonchev–Trinajstić information content (AvgIpc) is 2.49. The first-order chi connectivity index (χ1) is 9.72. The van der Waals surface area contributed by atoms with Crippen LogP contribution in [-0.4, -0.2) is 13.1 Å². The zero-order valence-electron chi connectivity index (χ0n) is 11.7. The molecule has 0 aliphatic carbocycles. The van der Waals surface area contributed by atoms with Crippen molar-refractivity contribution in [3.63, 3.8) is 0 Å². The quantitative estimate of drug-likeness (QED) is 0.473. The van der Waals surface area contributed by atoms with Crippen LogP contribution in [0.25, 0.3) is 0 Å². The summed E-state index contributed by atoms with van der Waals surface area (Å²) in [4.78, 5) is 2.27. The van der Waals surface area contributed by atoms with Gasteiger partial charge < -0.3 is 10.1 Å². The molecule has 0 N–H and O–H groups in total. The monoisotopic (exact) mass is 270 g/mol. The van der Waals surface area contributed by atoms with E-state index in [4.69, 9.17) is 0 Å². The van der Waals surface area contributed by atoms with Gasteiger partial charge in [0.05, 0.1) is 11.4 Å². The molecule has 0 radical (unpaired) electrons. The molecule has 0 saturated carbocycles. The Kier molecular flexibility index (Phi) is 4.65. The molecule has 5 heteroatoms. The van der Waals surface area contributed by atoms with Crippen molar-refractivity contribution in [1.29, 1.82) is 0 Å². The maximum Gasteiger partial charge on any atom is 0.182 e. The molecule has 2 aromatic rings. The third-order valence-corrected chi connectivity index (χ3v) is 3.04. The van der Waals surface area contributed by atoms with Crippen LogP contribution >= 0.6 is 0 Å². The van der Waals surface area contributed by atoms with Crippen molar-refractivity contribution in [3.05, 3.63) is 54.0 Å². The molecule has 0 aliphatic rings. The summed E-state index contributed by atoms with van der Waals surface area (Å²) in [6, 6.07) is 11.2. The van der Waals surface area contributed by atoms with E-state index in [2.05, 4.69) is 29.0 Å². The number of rotatable bonds is 5. The Morgan fingerprint density at radius 2 is 1.40 bits per heavy atom. The lowest BCUT2D eigenvalue weighted by atomic mass is 10.2. The molecule has 0 fully saturated rings. The minimum atomic E-state index is 0.657. The minimum absolute atomic E-state index is 0.657. The fourth-order valence-electron chi connectivity index (χ4n) is 1.91. The van der Waals surface area contributed by atoms with Gasteiger partial charge in [0.2, 0.25) is 0 Å². The van der Waals surface area contributed by atoms with Crippen LogP contribution in [0.3, 0.4) is 0 Å². The molecular weight excluding hydrogens is 252 g/mol. The molecule has 1 aromatic heterocycles. The molecule has 5 nitrogen and oxygen atoms in total. The van der Waals surface area contributed by atoms with Gasteiger partial charge in [-0.05, 0) is 38.1 Å². The zero-order valence-corrected chi connectivity index (χ0v) is 11.7. The van der Waals surface area contributed by atoms with Gasteiger partial charge in [-0.2, -0.15) is 15.0 Å². The highest BCUT2D eigenvalue weighted by Gasteiger charge is 2.00. The van der Waals surface area contributed by atoms with Gasteiger partial charge in [-0.3, -0.25) is 0 Å². The standard InChI is InChI=1S/C15H18N4O/c1-3-18(4-2)15-7-5-13(6-8-15)16-17-14-9-11-19(20)12-10-14/h5-12H,3-4H2,1-2H3. The zero-order chi connectivity index (χ0) is 14.4. The van der Waals surface area contributed by atoms with E-state index >= 15 is 0 Å².